The Morgan fingerprint density at radius 2 is 2.05 bits per heavy atom. The first-order valence-corrected chi connectivity index (χ1v) is 7.83. The molecule has 1 heteroatoms. The maximum atomic E-state index is 3.69. The van der Waals surface area contributed by atoms with Gasteiger partial charge in [0.25, 0.3) is 0 Å². The zero-order chi connectivity index (χ0) is 13.9. The highest BCUT2D eigenvalue weighted by Gasteiger charge is 2.44. The molecule has 0 radical (unpaired) electrons. The number of hydrogen-bond acceptors (Lipinski definition) is 1. The molecule has 0 heterocycles. The lowest BCUT2D eigenvalue weighted by atomic mass is 9.57. The summed E-state index contributed by atoms with van der Waals surface area (Å²) in [6.07, 6.45) is 4.05. The zero-order valence-electron chi connectivity index (χ0n) is 13.0. The molecule has 1 aromatic rings. The smallest absolute Gasteiger partial charge is 0.00831 e. The van der Waals surface area contributed by atoms with E-state index in [0.717, 1.165) is 24.9 Å². The van der Waals surface area contributed by atoms with E-state index in [1.165, 1.54) is 24.8 Å². The van der Waals surface area contributed by atoms with E-state index in [2.05, 4.69) is 57.3 Å². The first-order valence-electron chi connectivity index (χ1n) is 7.83. The molecule has 0 aromatic heterocycles. The summed E-state index contributed by atoms with van der Waals surface area (Å²) >= 11 is 0. The van der Waals surface area contributed by atoms with Gasteiger partial charge in [0.15, 0.2) is 0 Å². The van der Waals surface area contributed by atoms with Crippen molar-refractivity contribution in [2.24, 2.45) is 11.8 Å². The van der Waals surface area contributed by atoms with Crippen LogP contribution in [0.2, 0.25) is 0 Å². The van der Waals surface area contributed by atoms with Gasteiger partial charge in [-0.1, -0.05) is 57.0 Å². The van der Waals surface area contributed by atoms with E-state index in [-0.39, 0.29) is 0 Å². The van der Waals surface area contributed by atoms with E-state index in [9.17, 15) is 0 Å². The molecule has 1 aliphatic rings. The van der Waals surface area contributed by atoms with Crippen LogP contribution in [0.25, 0.3) is 0 Å². The fraction of sp³-hybridized carbons (Fsp3) is 0.667. The van der Waals surface area contributed by atoms with Crippen LogP contribution in [-0.4, -0.2) is 13.1 Å². The predicted molar refractivity (Wildman–Crippen MR) is 83.6 cm³/mol. The molecule has 106 valence electrons. The van der Waals surface area contributed by atoms with Gasteiger partial charge in [-0.15, -0.1) is 0 Å². The minimum absolute atomic E-state index is 0.404. The van der Waals surface area contributed by atoms with Crippen LogP contribution in [0.15, 0.2) is 24.3 Å². The fourth-order valence-corrected chi connectivity index (χ4v) is 3.39. The number of rotatable bonds is 6. The molecule has 1 aromatic carbocycles. The lowest BCUT2D eigenvalue weighted by molar-refractivity contribution is 0.133. The van der Waals surface area contributed by atoms with Crippen molar-refractivity contribution in [3.05, 3.63) is 35.4 Å². The summed E-state index contributed by atoms with van der Waals surface area (Å²) in [6.45, 7) is 11.4. The fourth-order valence-electron chi connectivity index (χ4n) is 3.39. The number of hydrogen-bond donors (Lipinski definition) is 1. The molecule has 1 aliphatic carbocycles. The normalized spacial score (nSPS) is 26.5. The molecule has 0 aliphatic heterocycles. The highest BCUT2D eigenvalue weighted by molar-refractivity contribution is 5.33. The molecule has 0 amide bonds. The van der Waals surface area contributed by atoms with Gasteiger partial charge in [0, 0.05) is 12.0 Å². The Morgan fingerprint density at radius 1 is 1.32 bits per heavy atom. The van der Waals surface area contributed by atoms with E-state index in [1.807, 2.05) is 0 Å². The molecular weight excluding hydrogens is 230 g/mol. The van der Waals surface area contributed by atoms with Crippen molar-refractivity contribution in [1.82, 2.24) is 5.32 Å². The third-order valence-electron chi connectivity index (χ3n) is 4.58. The molecule has 2 rings (SSSR count). The summed E-state index contributed by atoms with van der Waals surface area (Å²) in [5, 5.41) is 3.69. The molecular formula is C18H29N. The SMILES string of the molecule is CCC1CC(CNCC(C)C)(c2cccc(C)c2)C1. The largest absolute Gasteiger partial charge is 0.316 e. The van der Waals surface area contributed by atoms with Gasteiger partial charge >= 0.3 is 0 Å². The van der Waals surface area contributed by atoms with Crippen molar-refractivity contribution in [2.75, 3.05) is 13.1 Å². The van der Waals surface area contributed by atoms with Crippen molar-refractivity contribution in [3.63, 3.8) is 0 Å². The number of aryl methyl sites for hydroxylation is 1. The zero-order valence-corrected chi connectivity index (χ0v) is 13.0. The van der Waals surface area contributed by atoms with Gasteiger partial charge in [-0.25, -0.2) is 0 Å². The summed E-state index contributed by atoms with van der Waals surface area (Å²) in [5.41, 5.74) is 3.34. The third kappa shape index (κ3) is 3.39. The summed E-state index contributed by atoms with van der Waals surface area (Å²) < 4.78 is 0. The van der Waals surface area contributed by atoms with E-state index < -0.39 is 0 Å². The lowest BCUT2D eigenvalue weighted by Crippen LogP contribution is -2.49. The Balaban J connectivity index is 2.08. The van der Waals surface area contributed by atoms with Crippen LogP contribution in [0.3, 0.4) is 0 Å². The molecule has 19 heavy (non-hydrogen) atoms. The van der Waals surface area contributed by atoms with Gasteiger partial charge in [-0.05, 0) is 43.7 Å². The lowest BCUT2D eigenvalue weighted by Gasteiger charge is -2.49. The Bertz CT molecular complexity index is 402. The molecule has 0 unspecified atom stereocenters. The van der Waals surface area contributed by atoms with Gasteiger partial charge in [0.2, 0.25) is 0 Å². The van der Waals surface area contributed by atoms with E-state index in [4.69, 9.17) is 0 Å². The average molecular weight is 259 g/mol. The van der Waals surface area contributed by atoms with Crippen molar-refractivity contribution in [1.29, 1.82) is 0 Å². The van der Waals surface area contributed by atoms with Crippen molar-refractivity contribution < 1.29 is 0 Å². The molecule has 1 N–H and O–H groups in total. The second-order valence-electron chi connectivity index (χ2n) is 6.86. The summed E-state index contributed by atoms with van der Waals surface area (Å²) in [6, 6.07) is 9.14. The van der Waals surface area contributed by atoms with Crippen LogP contribution < -0.4 is 5.32 Å². The van der Waals surface area contributed by atoms with Crippen LogP contribution in [0, 0.1) is 18.8 Å². The monoisotopic (exact) mass is 259 g/mol. The summed E-state index contributed by atoms with van der Waals surface area (Å²) in [5.74, 6) is 1.66. The van der Waals surface area contributed by atoms with Gasteiger partial charge in [-0.2, -0.15) is 0 Å². The quantitative estimate of drug-likeness (QED) is 0.803. The van der Waals surface area contributed by atoms with Crippen molar-refractivity contribution in [2.45, 2.75) is 52.4 Å². The first-order chi connectivity index (χ1) is 9.05. The van der Waals surface area contributed by atoms with Crippen LogP contribution in [0.4, 0.5) is 0 Å². The topological polar surface area (TPSA) is 12.0 Å². The van der Waals surface area contributed by atoms with Gasteiger partial charge in [-0.3, -0.25) is 0 Å². The van der Waals surface area contributed by atoms with E-state index in [1.54, 1.807) is 5.56 Å². The van der Waals surface area contributed by atoms with E-state index >= 15 is 0 Å². The molecule has 0 atom stereocenters. The highest BCUT2D eigenvalue weighted by atomic mass is 14.9. The third-order valence-corrected chi connectivity index (χ3v) is 4.58. The maximum absolute atomic E-state index is 3.69. The predicted octanol–water partition coefficient (Wildman–Crippen LogP) is 4.30. The van der Waals surface area contributed by atoms with Crippen LogP contribution in [-0.2, 0) is 5.41 Å². The van der Waals surface area contributed by atoms with Crippen molar-refractivity contribution >= 4 is 0 Å². The Morgan fingerprint density at radius 3 is 2.63 bits per heavy atom. The molecule has 0 bridgehead atoms. The van der Waals surface area contributed by atoms with Gasteiger partial charge in [0.05, 0.1) is 0 Å². The minimum Gasteiger partial charge on any atom is -0.316 e. The molecule has 1 nitrogen and oxygen atoms in total. The van der Waals surface area contributed by atoms with Gasteiger partial charge < -0.3 is 5.32 Å². The second-order valence-corrected chi connectivity index (χ2v) is 6.86. The van der Waals surface area contributed by atoms with Crippen molar-refractivity contribution in [3.8, 4) is 0 Å². The second kappa shape index (κ2) is 6.09. The summed E-state index contributed by atoms with van der Waals surface area (Å²) in [4.78, 5) is 0. The highest BCUT2D eigenvalue weighted by Crippen LogP contribution is 2.48. The van der Waals surface area contributed by atoms with Crippen LogP contribution in [0.1, 0.15) is 51.2 Å². The van der Waals surface area contributed by atoms with Gasteiger partial charge in [0.1, 0.15) is 0 Å². The number of benzene rings is 1. The average Bonchev–Trinajstić information content (AvgIpc) is 2.32. The van der Waals surface area contributed by atoms with Crippen LogP contribution in [0.5, 0.6) is 0 Å². The van der Waals surface area contributed by atoms with Crippen LogP contribution >= 0.6 is 0 Å². The molecule has 1 saturated carbocycles. The Labute approximate surface area is 118 Å². The molecule has 0 saturated heterocycles. The molecule has 0 spiro atoms. The minimum atomic E-state index is 0.404. The Hall–Kier alpha value is -0.820. The first kappa shape index (κ1) is 14.6. The molecule has 1 fully saturated rings. The van der Waals surface area contributed by atoms with E-state index in [0.29, 0.717) is 5.41 Å². The summed E-state index contributed by atoms with van der Waals surface area (Å²) in [7, 11) is 0. The Kier molecular flexibility index (Phi) is 4.67. The standard InChI is InChI=1S/C18H29N/c1-5-16-10-18(11-16,13-19-12-14(2)3)17-8-6-7-15(4)9-17/h6-9,14,16,19H,5,10-13H2,1-4H3. The number of nitrogens with one attached hydrogen (secondary N) is 1. The maximum Gasteiger partial charge on any atom is 0.00831 e.